The van der Waals surface area contributed by atoms with Crippen LogP contribution in [0.3, 0.4) is 0 Å². The van der Waals surface area contributed by atoms with Gasteiger partial charge in [-0.1, -0.05) is 17.7 Å². The van der Waals surface area contributed by atoms with Crippen molar-refractivity contribution in [2.45, 2.75) is 44.8 Å². The summed E-state index contributed by atoms with van der Waals surface area (Å²) in [6.45, 7) is 2.95. The largest absolute Gasteiger partial charge is 0.376 e. The van der Waals surface area contributed by atoms with Crippen LogP contribution in [0.25, 0.3) is 0 Å². The number of nitrogens with one attached hydrogen (secondary N) is 1. The zero-order valence-corrected chi connectivity index (χ0v) is 13.2. The molecule has 0 atom stereocenters. The number of aryl methyl sites for hydroxylation is 1. The maximum Gasteiger partial charge on any atom is 0.251 e. The molecule has 0 aromatic heterocycles. The van der Waals surface area contributed by atoms with Gasteiger partial charge in [-0.05, 0) is 50.3 Å². The molecular formula is C16H23ClN2O2. The van der Waals surface area contributed by atoms with Crippen molar-refractivity contribution in [2.75, 3.05) is 13.2 Å². The average Bonchev–Trinajstić information content (AvgIpc) is 2.48. The Bertz CT molecular complexity index is 485. The van der Waals surface area contributed by atoms with Gasteiger partial charge in [0.25, 0.3) is 5.91 Å². The van der Waals surface area contributed by atoms with Crippen molar-refractivity contribution in [2.24, 2.45) is 5.73 Å². The second kappa shape index (κ2) is 7.78. The molecule has 4 nitrogen and oxygen atoms in total. The van der Waals surface area contributed by atoms with Gasteiger partial charge in [-0.2, -0.15) is 0 Å². The lowest BCUT2D eigenvalue weighted by molar-refractivity contribution is 0.0267. The van der Waals surface area contributed by atoms with Crippen LogP contribution in [0.15, 0.2) is 18.2 Å². The number of hydrogen-bond acceptors (Lipinski definition) is 3. The van der Waals surface area contributed by atoms with Gasteiger partial charge in [0.2, 0.25) is 0 Å². The number of halogens is 1. The van der Waals surface area contributed by atoms with Crippen LogP contribution in [0.2, 0.25) is 5.02 Å². The third kappa shape index (κ3) is 4.99. The molecule has 0 radical (unpaired) electrons. The monoisotopic (exact) mass is 310 g/mol. The molecule has 0 bridgehead atoms. The van der Waals surface area contributed by atoms with E-state index in [1.165, 1.54) is 0 Å². The smallest absolute Gasteiger partial charge is 0.251 e. The minimum Gasteiger partial charge on any atom is -0.376 e. The summed E-state index contributed by atoms with van der Waals surface area (Å²) in [6, 6.07) is 5.64. The normalized spacial score (nSPS) is 22.0. The summed E-state index contributed by atoms with van der Waals surface area (Å²) in [5.74, 6) is -0.119. The summed E-state index contributed by atoms with van der Waals surface area (Å²) in [7, 11) is 0. The number of nitrogens with two attached hydrogens (primary N) is 1. The van der Waals surface area contributed by atoms with Crippen LogP contribution in [-0.4, -0.2) is 31.2 Å². The van der Waals surface area contributed by atoms with Crippen LogP contribution in [0, 0.1) is 6.92 Å². The molecule has 1 aliphatic rings. The van der Waals surface area contributed by atoms with Crippen molar-refractivity contribution in [1.82, 2.24) is 5.32 Å². The molecule has 0 aliphatic heterocycles. The number of carbonyl (C=O) groups is 1. The van der Waals surface area contributed by atoms with E-state index in [-0.39, 0.29) is 12.0 Å². The highest BCUT2D eigenvalue weighted by molar-refractivity contribution is 6.31. The highest BCUT2D eigenvalue weighted by Crippen LogP contribution is 2.19. The molecular weight excluding hydrogens is 288 g/mol. The Labute approximate surface area is 131 Å². The fourth-order valence-corrected chi connectivity index (χ4v) is 2.66. The number of amides is 1. The topological polar surface area (TPSA) is 64.3 Å². The lowest BCUT2D eigenvalue weighted by atomic mass is 9.94. The molecule has 1 aromatic carbocycles. The Morgan fingerprint density at radius 3 is 2.76 bits per heavy atom. The van der Waals surface area contributed by atoms with Gasteiger partial charge in [-0.15, -0.1) is 0 Å². The van der Waals surface area contributed by atoms with Gasteiger partial charge in [0, 0.05) is 23.2 Å². The van der Waals surface area contributed by atoms with Crippen molar-refractivity contribution in [1.29, 1.82) is 0 Å². The van der Waals surface area contributed by atoms with E-state index in [2.05, 4.69) is 5.32 Å². The first kappa shape index (κ1) is 16.3. The minimum absolute atomic E-state index is 0.119. The van der Waals surface area contributed by atoms with Gasteiger partial charge >= 0.3 is 0 Å². The lowest BCUT2D eigenvalue weighted by Crippen LogP contribution is -2.33. The van der Waals surface area contributed by atoms with Gasteiger partial charge in [-0.25, -0.2) is 0 Å². The van der Waals surface area contributed by atoms with Gasteiger partial charge in [0.15, 0.2) is 0 Å². The van der Waals surface area contributed by atoms with Crippen LogP contribution >= 0.6 is 11.6 Å². The summed E-state index contributed by atoms with van der Waals surface area (Å²) in [6.07, 6.45) is 4.37. The molecule has 1 fully saturated rings. The van der Waals surface area contributed by atoms with E-state index in [1.807, 2.05) is 13.0 Å². The summed E-state index contributed by atoms with van der Waals surface area (Å²) < 4.78 is 5.76. The van der Waals surface area contributed by atoms with Gasteiger partial charge in [0.1, 0.15) is 0 Å². The predicted molar refractivity (Wildman–Crippen MR) is 84.7 cm³/mol. The summed E-state index contributed by atoms with van der Waals surface area (Å²) in [4.78, 5) is 12.0. The Balaban J connectivity index is 1.68. The Morgan fingerprint density at radius 2 is 2.10 bits per heavy atom. The molecule has 1 amide bonds. The van der Waals surface area contributed by atoms with Crippen LogP contribution in [0.4, 0.5) is 0 Å². The van der Waals surface area contributed by atoms with E-state index in [1.54, 1.807) is 12.1 Å². The fraction of sp³-hybridized carbons (Fsp3) is 0.562. The Kier molecular flexibility index (Phi) is 6.03. The van der Waals surface area contributed by atoms with E-state index in [9.17, 15) is 4.79 Å². The van der Waals surface area contributed by atoms with E-state index >= 15 is 0 Å². The zero-order chi connectivity index (χ0) is 15.2. The third-order valence-electron chi connectivity index (χ3n) is 3.89. The number of hydrogen-bond donors (Lipinski definition) is 2. The number of rotatable bonds is 5. The van der Waals surface area contributed by atoms with E-state index < -0.39 is 0 Å². The first-order valence-corrected chi connectivity index (χ1v) is 7.85. The van der Waals surface area contributed by atoms with Crippen molar-refractivity contribution in [3.05, 3.63) is 34.3 Å². The lowest BCUT2D eigenvalue weighted by Gasteiger charge is -2.26. The highest BCUT2D eigenvalue weighted by atomic mass is 35.5. The predicted octanol–water partition coefficient (Wildman–Crippen LogP) is 2.66. The molecule has 1 aliphatic carbocycles. The highest BCUT2D eigenvalue weighted by Gasteiger charge is 2.18. The summed E-state index contributed by atoms with van der Waals surface area (Å²) in [5.41, 5.74) is 7.40. The van der Waals surface area contributed by atoms with Gasteiger partial charge in [-0.3, -0.25) is 4.79 Å². The summed E-state index contributed by atoms with van der Waals surface area (Å²) in [5, 5.41) is 3.46. The van der Waals surface area contributed by atoms with E-state index in [0.29, 0.717) is 29.8 Å². The Morgan fingerprint density at radius 1 is 1.38 bits per heavy atom. The quantitative estimate of drug-likeness (QED) is 0.822. The average molecular weight is 311 g/mol. The maximum absolute atomic E-state index is 12.0. The van der Waals surface area contributed by atoms with Gasteiger partial charge < -0.3 is 15.8 Å². The molecule has 0 unspecified atom stereocenters. The fourth-order valence-electron chi connectivity index (χ4n) is 2.48. The zero-order valence-electron chi connectivity index (χ0n) is 12.4. The van der Waals surface area contributed by atoms with Crippen LogP contribution < -0.4 is 11.1 Å². The SMILES string of the molecule is Cc1ccc(C(=O)NCCOC2CCC(N)CC2)cc1Cl. The molecule has 0 spiro atoms. The number of carbonyl (C=O) groups excluding carboxylic acids is 1. The second-order valence-corrected chi connectivity index (χ2v) is 6.03. The second-order valence-electron chi connectivity index (χ2n) is 5.63. The molecule has 5 heteroatoms. The molecule has 116 valence electrons. The molecule has 0 saturated heterocycles. The maximum atomic E-state index is 12.0. The minimum atomic E-state index is -0.119. The standard InChI is InChI=1S/C16H23ClN2O2/c1-11-2-3-12(10-15(11)17)16(20)19-8-9-21-14-6-4-13(18)5-7-14/h2-3,10,13-14H,4-9,18H2,1H3,(H,19,20). The Hall–Kier alpha value is -1.10. The first-order valence-electron chi connectivity index (χ1n) is 7.48. The van der Waals surface area contributed by atoms with Gasteiger partial charge in [0.05, 0.1) is 12.7 Å². The van der Waals surface area contributed by atoms with Crippen molar-refractivity contribution in [3.8, 4) is 0 Å². The third-order valence-corrected chi connectivity index (χ3v) is 4.30. The van der Waals surface area contributed by atoms with Crippen molar-refractivity contribution >= 4 is 17.5 Å². The molecule has 2 rings (SSSR count). The molecule has 0 heterocycles. The van der Waals surface area contributed by atoms with Crippen molar-refractivity contribution < 1.29 is 9.53 Å². The van der Waals surface area contributed by atoms with Crippen molar-refractivity contribution in [3.63, 3.8) is 0 Å². The van der Waals surface area contributed by atoms with Crippen LogP contribution in [0.5, 0.6) is 0 Å². The first-order chi connectivity index (χ1) is 10.1. The molecule has 21 heavy (non-hydrogen) atoms. The molecule has 3 N–H and O–H groups in total. The van der Waals surface area contributed by atoms with Crippen LogP contribution in [0.1, 0.15) is 41.6 Å². The molecule has 1 saturated carbocycles. The number of ether oxygens (including phenoxy) is 1. The number of benzene rings is 1. The van der Waals surface area contributed by atoms with E-state index in [0.717, 1.165) is 31.2 Å². The van der Waals surface area contributed by atoms with Crippen LogP contribution in [-0.2, 0) is 4.74 Å². The van der Waals surface area contributed by atoms with E-state index in [4.69, 9.17) is 22.1 Å². The molecule has 1 aromatic rings. The summed E-state index contributed by atoms with van der Waals surface area (Å²) >= 11 is 6.02.